The van der Waals surface area contributed by atoms with Gasteiger partial charge in [0.1, 0.15) is 6.04 Å². The zero-order valence-electron chi connectivity index (χ0n) is 7.78. The Kier molecular flexibility index (Phi) is 4.58. The monoisotopic (exact) mass is 186 g/mol. The van der Waals surface area contributed by atoms with Crippen molar-refractivity contribution in [2.75, 3.05) is 13.6 Å². The highest BCUT2D eigenvalue weighted by molar-refractivity contribution is 5.82. The van der Waals surface area contributed by atoms with Gasteiger partial charge in [0.25, 0.3) is 0 Å². The number of aliphatic carboxylic acids is 1. The lowest BCUT2D eigenvalue weighted by molar-refractivity contribution is -0.141. The van der Waals surface area contributed by atoms with Crippen molar-refractivity contribution >= 4 is 12.0 Å². The highest BCUT2D eigenvalue weighted by Gasteiger charge is 2.20. The van der Waals surface area contributed by atoms with Crippen molar-refractivity contribution in [1.29, 1.82) is 0 Å². The van der Waals surface area contributed by atoms with Crippen LogP contribution in [0.5, 0.6) is 0 Å². The van der Waals surface area contributed by atoms with Crippen LogP contribution in [-0.2, 0) is 4.79 Å². The van der Waals surface area contributed by atoms with Gasteiger partial charge in [-0.15, -0.1) is 6.58 Å². The molecule has 0 bridgehead atoms. The van der Waals surface area contributed by atoms with Crippen LogP contribution in [0.3, 0.4) is 0 Å². The number of rotatable bonds is 4. The molecule has 13 heavy (non-hydrogen) atoms. The quantitative estimate of drug-likeness (QED) is 0.620. The van der Waals surface area contributed by atoms with Gasteiger partial charge in [-0.2, -0.15) is 0 Å². The molecule has 0 rings (SSSR count). The average molecular weight is 186 g/mol. The lowest BCUT2D eigenvalue weighted by Gasteiger charge is -2.21. The molecule has 0 aliphatic rings. The maximum Gasteiger partial charge on any atom is 0.326 e. The fourth-order valence-electron chi connectivity index (χ4n) is 0.626. The molecule has 0 aliphatic heterocycles. The van der Waals surface area contributed by atoms with E-state index in [1.54, 1.807) is 0 Å². The Morgan fingerprint density at radius 1 is 1.69 bits per heavy atom. The zero-order valence-corrected chi connectivity index (χ0v) is 7.78. The molecule has 0 spiro atoms. The summed E-state index contributed by atoms with van der Waals surface area (Å²) in [5.74, 6) is -1.03. The largest absolute Gasteiger partial charge is 0.480 e. The number of nitrogens with zero attached hydrogens (tertiary/aromatic N) is 1. The highest BCUT2D eigenvalue weighted by Crippen LogP contribution is 1.95. The second kappa shape index (κ2) is 5.18. The van der Waals surface area contributed by atoms with Crippen molar-refractivity contribution in [3.05, 3.63) is 12.7 Å². The third-order valence-electron chi connectivity index (χ3n) is 1.66. The molecule has 2 N–H and O–H groups in total. The fraction of sp³-hybridized carbons (Fsp3) is 0.500. The summed E-state index contributed by atoms with van der Waals surface area (Å²) in [4.78, 5) is 22.7. The minimum Gasteiger partial charge on any atom is -0.480 e. The van der Waals surface area contributed by atoms with E-state index in [0.29, 0.717) is 6.54 Å². The van der Waals surface area contributed by atoms with Gasteiger partial charge in [-0.3, -0.25) is 0 Å². The average Bonchev–Trinajstić information content (AvgIpc) is 2.11. The standard InChI is InChI=1S/C8H14N2O3/c1-4-5-9-8(13)10(3)6(2)7(11)12/h4,6H,1,5H2,2-3H3,(H,9,13)(H,11,12). The number of likely N-dealkylation sites (N-methyl/N-ethyl adjacent to an activating group) is 1. The van der Waals surface area contributed by atoms with Crippen molar-refractivity contribution in [3.63, 3.8) is 0 Å². The Hall–Kier alpha value is -1.52. The van der Waals surface area contributed by atoms with Gasteiger partial charge in [-0.1, -0.05) is 6.08 Å². The first-order chi connectivity index (χ1) is 6.00. The van der Waals surface area contributed by atoms with E-state index in [1.165, 1.54) is 20.0 Å². The second-order valence-corrected chi connectivity index (χ2v) is 2.60. The Balaban J connectivity index is 4.08. The number of urea groups is 1. The van der Waals surface area contributed by atoms with Crippen LogP contribution in [0, 0.1) is 0 Å². The van der Waals surface area contributed by atoms with Crippen LogP contribution < -0.4 is 5.32 Å². The first-order valence-corrected chi connectivity index (χ1v) is 3.85. The van der Waals surface area contributed by atoms with Gasteiger partial charge in [0.2, 0.25) is 0 Å². The second-order valence-electron chi connectivity index (χ2n) is 2.60. The summed E-state index contributed by atoms with van der Waals surface area (Å²) in [5, 5.41) is 11.1. The van der Waals surface area contributed by atoms with Gasteiger partial charge >= 0.3 is 12.0 Å². The molecule has 0 aromatic heterocycles. The van der Waals surface area contributed by atoms with Gasteiger partial charge in [0.05, 0.1) is 0 Å². The molecule has 5 heteroatoms. The van der Waals surface area contributed by atoms with Gasteiger partial charge in [-0.25, -0.2) is 9.59 Å². The summed E-state index contributed by atoms with van der Waals surface area (Å²) >= 11 is 0. The van der Waals surface area contributed by atoms with Crippen LogP contribution in [0.1, 0.15) is 6.92 Å². The highest BCUT2D eigenvalue weighted by atomic mass is 16.4. The third kappa shape index (κ3) is 3.59. The topological polar surface area (TPSA) is 69.6 Å². The molecule has 2 amide bonds. The Morgan fingerprint density at radius 2 is 2.23 bits per heavy atom. The lowest BCUT2D eigenvalue weighted by atomic mass is 10.3. The van der Waals surface area contributed by atoms with Crippen molar-refractivity contribution in [2.24, 2.45) is 0 Å². The fourth-order valence-corrected chi connectivity index (χ4v) is 0.626. The number of hydrogen-bond donors (Lipinski definition) is 2. The molecule has 0 radical (unpaired) electrons. The summed E-state index contributed by atoms with van der Waals surface area (Å²) < 4.78 is 0. The molecule has 0 aromatic rings. The molecule has 0 saturated carbocycles. The third-order valence-corrected chi connectivity index (χ3v) is 1.66. The predicted molar refractivity (Wildman–Crippen MR) is 48.5 cm³/mol. The van der Waals surface area contributed by atoms with E-state index in [1.807, 2.05) is 0 Å². The van der Waals surface area contributed by atoms with Crippen LogP contribution in [0.25, 0.3) is 0 Å². The van der Waals surface area contributed by atoms with Crippen molar-refractivity contribution in [1.82, 2.24) is 10.2 Å². The number of nitrogens with one attached hydrogen (secondary N) is 1. The summed E-state index contributed by atoms with van der Waals surface area (Å²) in [7, 11) is 1.43. The first kappa shape index (κ1) is 11.5. The van der Waals surface area contributed by atoms with Crippen molar-refractivity contribution in [2.45, 2.75) is 13.0 Å². The van der Waals surface area contributed by atoms with E-state index in [-0.39, 0.29) is 0 Å². The van der Waals surface area contributed by atoms with Gasteiger partial charge < -0.3 is 15.3 Å². The number of carboxylic acids is 1. The molecule has 5 nitrogen and oxygen atoms in total. The molecular weight excluding hydrogens is 172 g/mol. The smallest absolute Gasteiger partial charge is 0.326 e. The maximum atomic E-state index is 11.2. The molecule has 0 saturated heterocycles. The van der Waals surface area contributed by atoms with E-state index in [2.05, 4.69) is 11.9 Å². The van der Waals surface area contributed by atoms with Gasteiger partial charge in [0.15, 0.2) is 0 Å². The van der Waals surface area contributed by atoms with Crippen LogP contribution in [0.15, 0.2) is 12.7 Å². The first-order valence-electron chi connectivity index (χ1n) is 3.85. The minimum absolute atomic E-state index is 0.329. The molecule has 0 aromatic carbocycles. The number of amides is 2. The van der Waals surface area contributed by atoms with Gasteiger partial charge in [0, 0.05) is 13.6 Å². The summed E-state index contributed by atoms with van der Waals surface area (Å²) in [6.07, 6.45) is 1.52. The Morgan fingerprint density at radius 3 is 2.62 bits per heavy atom. The van der Waals surface area contributed by atoms with Crippen molar-refractivity contribution in [3.8, 4) is 0 Å². The summed E-state index contributed by atoms with van der Waals surface area (Å²) in [6.45, 7) is 5.19. The Labute approximate surface area is 77.0 Å². The van der Waals surface area contributed by atoms with E-state index in [9.17, 15) is 9.59 Å². The van der Waals surface area contributed by atoms with Crippen LogP contribution in [-0.4, -0.2) is 41.6 Å². The molecule has 0 heterocycles. The number of hydrogen-bond acceptors (Lipinski definition) is 2. The van der Waals surface area contributed by atoms with Crippen molar-refractivity contribution < 1.29 is 14.7 Å². The molecule has 0 aliphatic carbocycles. The SMILES string of the molecule is C=CCNC(=O)N(C)C(C)C(=O)O. The van der Waals surface area contributed by atoms with Gasteiger partial charge in [-0.05, 0) is 6.92 Å². The minimum atomic E-state index is -1.03. The molecular formula is C8H14N2O3. The zero-order chi connectivity index (χ0) is 10.4. The number of carbonyl (C=O) groups is 2. The number of carbonyl (C=O) groups excluding carboxylic acids is 1. The summed E-state index contributed by atoms with van der Waals surface area (Å²) in [6, 6.07) is -1.25. The van der Waals surface area contributed by atoms with E-state index in [4.69, 9.17) is 5.11 Å². The number of carboxylic acid groups (broad SMARTS) is 1. The van der Waals surface area contributed by atoms with Crippen LogP contribution in [0.2, 0.25) is 0 Å². The maximum absolute atomic E-state index is 11.2. The van der Waals surface area contributed by atoms with Crippen LogP contribution in [0.4, 0.5) is 4.79 Å². The molecule has 0 fully saturated rings. The van der Waals surface area contributed by atoms with E-state index >= 15 is 0 Å². The molecule has 74 valence electrons. The predicted octanol–water partition coefficient (Wildman–Crippen LogP) is 0.287. The molecule has 1 atom stereocenters. The molecule has 1 unspecified atom stereocenters. The Bertz CT molecular complexity index is 215. The normalized spacial score (nSPS) is 11.5. The van der Waals surface area contributed by atoms with E-state index < -0.39 is 18.0 Å². The van der Waals surface area contributed by atoms with E-state index in [0.717, 1.165) is 4.90 Å². The van der Waals surface area contributed by atoms with Crippen LogP contribution >= 0.6 is 0 Å². The summed E-state index contributed by atoms with van der Waals surface area (Å²) in [5.41, 5.74) is 0. The lowest BCUT2D eigenvalue weighted by Crippen LogP contribution is -2.45.